The molecule has 0 aliphatic heterocycles. The van der Waals surface area contributed by atoms with Gasteiger partial charge >= 0.3 is 0 Å². The second-order valence-corrected chi connectivity index (χ2v) is 7.84. The van der Waals surface area contributed by atoms with Crippen molar-refractivity contribution in [1.29, 1.82) is 0 Å². The quantitative estimate of drug-likeness (QED) is 0.398. The zero-order chi connectivity index (χ0) is 23.1. The molecule has 0 fully saturated rings. The summed E-state index contributed by atoms with van der Waals surface area (Å²) in [6.45, 7) is 3.28. The van der Waals surface area contributed by atoms with E-state index in [0.717, 1.165) is 5.69 Å². The number of rotatable bonds is 8. The molecule has 32 heavy (non-hydrogen) atoms. The largest absolute Gasteiger partial charge is 0.491 e. The van der Waals surface area contributed by atoms with Crippen LogP contribution in [0.3, 0.4) is 0 Å². The highest BCUT2D eigenvalue weighted by Crippen LogP contribution is 2.20. The minimum absolute atomic E-state index is 0.0192. The summed E-state index contributed by atoms with van der Waals surface area (Å²) in [4.78, 5) is 44.6. The molecule has 166 valence electrons. The molecule has 0 bridgehead atoms. The molecule has 3 aromatic rings. The van der Waals surface area contributed by atoms with Crippen LogP contribution in [0.25, 0.3) is 0 Å². The van der Waals surface area contributed by atoms with Crippen molar-refractivity contribution in [2.45, 2.75) is 31.3 Å². The fourth-order valence-electron chi connectivity index (χ4n) is 2.85. The van der Waals surface area contributed by atoms with Crippen LogP contribution in [-0.2, 0) is 21.9 Å². The van der Waals surface area contributed by atoms with Gasteiger partial charge in [-0.05, 0) is 37.3 Å². The van der Waals surface area contributed by atoms with Gasteiger partial charge in [-0.1, -0.05) is 11.8 Å². The van der Waals surface area contributed by atoms with E-state index in [9.17, 15) is 14.4 Å². The maximum atomic E-state index is 12.6. The number of benzene rings is 1. The number of carbonyl (C=O) groups is 2. The van der Waals surface area contributed by atoms with Crippen LogP contribution >= 0.6 is 11.8 Å². The lowest BCUT2D eigenvalue weighted by Gasteiger charge is -2.15. The average Bonchev–Trinajstić information content (AvgIpc) is 2.74. The van der Waals surface area contributed by atoms with Gasteiger partial charge in [-0.15, -0.1) is 0 Å². The standard InChI is InChI=1S/C22H23N5O4S/c1-14-8-9-23-22(24-14)32-13-18-10-19(29)20(31-3)11-27(18)12-21(30)26-17-6-4-16(5-7-17)25-15(2)28/h4-11H,12-13H2,1-3H3,(H,25,28)(H,26,30). The molecule has 2 amide bonds. The number of anilines is 2. The second kappa shape index (κ2) is 10.6. The lowest BCUT2D eigenvalue weighted by atomic mass is 10.2. The Morgan fingerprint density at radius 1 is 1.12 bits per heavy atom. The van der Waals surface area contributed by atoms with Gasteiger partial charge in [0.1, 0.15) is 6.54 Å². The molecule has 9 nitrogen and oxygen atoms in total. The van der Waals surface area contributed by atoms with Crippen molar-refractivity contribution in [2.24, 2.45) is 0 Å². The molecular formula is C22H23N5O4S. The molecule has 1 aromatic carbocycles. The van der Waals surface area contributed by atoms with Crippen LogP contribution in [0.2, 0.25) is 0 Å². The predicted octanol–water partition coefficient (Wildman–Crippen LogP) is 2.84. The minimum atomic E-state index is -0.277. The normalized spacial score (nSPS) is 10.5. The first-order valence-corrected chi connectivity index (χ1v) is 10.7. The van der Waals surface area contributed by atoms with E-state index < -0.39 is 0 Å². The van der Waals surface area contributed by atoms with Crippen LogP contribution in [-0.4, -0.2) is 33.5 Å². The van der Waals surface area contributed by atoms with E-state index >= 15 is 0 Å². The van der Waals surface area contributed by atoms with Gasteiger partial charge in [-0.25, -0.2) is 9.97 Å². The number of thioether (sulfide) groups is 1. The zero-order valence-corrected chi connectivity index (χ0v) is 18.7. The molecule has 0 atom stereocenters. The fraction of sp³-hybridized carbons (Fsp3) is 0.227. The first-order valence-electron chi connectivity index (χ1n) is 9.71. The molecule has 3 rings (SSSR count). The van der Waals surface area contributed by atoms with Crippen LogP contribution in [0.15, 0.2) is 58.7 Å². The lowest BCUT2D eigenvalue weighted by molar-refractivity contribution is -0.117. The number of ether oxygens (including phenoxy) is 1. The minimum Gasteiger partial charge on any atom is -0.491 e. The smallest absolute Gasteiger partial charge is 0.244 e. The maximum absolute atomic E-state index is 12.6. The van der Waals surface area contributed by atoms with E-state index in [4.69, 9.17) is 4.74 Å². The summed E-state index contributed by atoms with van der Waals surface area (Å²) < 4.78 is 6.80. The predicted molar refractivity (Wildman–Crippen MR) is 123 cm³/mol. The van der Waals surface area contributed by atoms with Crippen molar-refractivity contribution >= 4 is 35.0 Å². The van der Waals surface area contributed by atoms with Crippen LogP contribution in [0.4, 0.5) is 11.4 Å². The summed E-state index contributed by atoms with van der Waals surface area (Å²) in [6, 6.07) is 10.0. The molecule has 10 heteroatoms. The van der Waals surface area contributed by atoms with E-state index in [1.54, 1.807) is 41.1 Å². The molecule has 0 saturated carbocycles. The Labute approximate surface area is 189 Å². The van der Waals surface area contributed by atoms with Gasteiger partial charge < -0.3 is 19.9 Å². The van der Waals surface area contributed by atoms with Gasteiger partial charge in [-0.2, -0.15) is 0 Å². The Morgan fingerprint density at radius 3 is 2.44 bits per heavy atom. The SMILES string of the molecule is COc1cn(CC(=O)Nc2ccc(NC(C)=O)cc2)c(CSc2nccc(C)n2)cc1=O. The fourth-order valence-corrected chi connectivity index (χ4v) is 3.72. The second-order valence-electron chi connectivity index (χ2n) is 6.90. The lowest BCUT2D eigenvalue weighted by Crippen LogP contribution is -2.22. The zero-order valence-electron chi connectivity index (χ0n) is 17.9. The summed E-state index contributed by atoms with van der Waals surface area (Å²) in [5, 5.41) is 6.06. The molecule has 0 aliphatic rings. The van der Waals surface area contributed by atoms with E-state index in [-0.39, 0.29) is 29.5 Å². The average molecular weight is 454 g/mol. The number of nitrogens with one attached hydrogen (secondary N) is 2. The van der Waals surface area contributed by atoms with Gasteiger partial charge in [0.2, 0.25) is 17.2 Å². The summed E-state index contributed by atoms with van der Waals surface area (Å²) in [5.74, 6) is 0.107. The molecule has 0 saturated heterocycles. The first-order chi connectivity index (χ1) is 15.3. The van der Waals surface area contributed by atoms with Gasteiger partial charge in [0.05, 0.1) is 13.3 Å². The molecule has 0 spiro atoms. The van der Waals surface area contributed by atoms with Crippen molar-refractivity contribution in [2.75, 3.05) is 17.7 Å². The number of nitrogens with zero attached hydrogens (tertiary/aromatic N) is 3. The third kappa shape index (κ3) is 6.42. The Balaban J connectivity index is 1.74. The van der Waals surface area contributed by atoms with Gasteiger partial charge in [0, 0.05) is 47.7 Å². The number of pyridine rings is 1. The van der Waals surface area contributed by atoms with Gasteiger partial charge in [0.25, 0.3) is 0 Å². The summed E-state index contributed by atoms with van der Waals surface area (Å²) in [5.41, 5.74) is 2.44. The molecule has 0 radical (unpaired) electrons. The third-order valence-corrected chi connectivity index (χ3v) is 5.22. The highest BCUT2D eigenvalue weighted by molar-refractivity contribution is 7.98. The number of amides is 2. The molecule has 0 aliphatic carbocycles. The van der Waals surface area contributed by atoms with E-state index in [1.807, 2.05) is 6.92 Å². The number of hydrogen-bond acceptors (Lipinski definition) is 7. The number of carbonyl (C=O) groups excluding carboxylic acids is 2. The molecule has 2 N–H and O–H groups in total. The van der Waals surface area contributed by atoms with Crippen molar-refractivity contribution < 1.29 is 14.3 Å². The van der Waals surface area contributed by atoms with Crippen LogP contribution in [0, 0.1) is 6.92 Å². The van der Waals surface area contributed by atoms with E-state index in [0.29, 0.717) is 28.0 Å². The first kappa shape index (κ1) is 23.0. The van der Waals surface area contributed by atoms with Crippen LogP contribution < -0.4 is 20.8 Å². The van der Waals surface area contributed by atoms with Crippen molar-refractivity contribution in [3.8, 4) is 5.75 Å². The van der Waals surface area contributed by atoms with Crippen LogP contribution in [0.5, 0.6) is 5.75 Å². The van der Waals surface area contributed by atoms with Crippen LogP contribution in [0.1, 0.15) is 18.3 Å². The summed E-state index contributed by atoms with van der Waals surface area (Å²) in [6.07, 6.45) is 3.20. The number of aromatic nitrogens is 3. The van der Waals surface area contributed by atoms with Crippen molar-refractivity contribution in [3.05, 3.63) is 70.4 Å². The molecule has 0 unspecified atom stereocenters. The molecule has 2 aromatic heterocycles. The summed E-state index contributed by atoms with van der Waals surface area (Å²) >= 11 is 1.37. The summed E-state index contributed by atoms with van der Waals surface area (Å²) in [7, 11) is 1.41. The Kier molecular flexibility index (Phi) is 7.61. The molecular weight excluding hydrogens is 430 g/mol. The highest BCUT2D eigenvalue weighted by atomic mass is 32.2. The van der Waals surface area contributed by atoms with Gasteiger partial charge in [0.15, 0.2) is 10.9 Å². The third-order valence-electron chi connectivity index (χ3n) is 4.33. The Hall–Kier alpha value is -3.66. The van der Waals surface area contributed by atoms with Crippen molar-refractivity contribution in [1.82, 2.24) is 14.5 Å². The Morgan fingerprint density at radius 2 is 1.81 bits per heavy atom. The van der Waals surface area contributed by atoms with Gasteiger partial charge in [-0.3, -0.25) is 14.4 Å². The highest BCUT2D eigenvalue weighted by Gasteiger charge is 2.12. The number of methoxy groups -OCH3 is 1. The number of aryl methyl sites for hydroxylation is 1. The molecule has 2 heterocycles. The maximum Gasteiger partial charge on any atom is 0.244 e. The topological polar surface area (TPSA) is 115 Å². The number of hydrogen-bond donors (Lipinski definition) is 2. The van der Waals surface area contributed by atoms with E-state index in [2.05, 4.69) is 20.6 Å². The monoisotopic (exact) mass is 453 g/mol. The van der Waals surface area contributed by atoms with E-state index in [1.165, 1.54) is 38.1 Å². The van der Waals surface area contributed by atoms with Crippen molar-refractivity contribution in [3.63, 3.8) is 0 Å². The Bertz CT molecular complexity index is 1180.